The van der Waals surface area contributed by atoms with Gasteiger partial charge in [0.15, 0.2) is 5.78 Å². The molecule has 0 saturated carbocycles. The molecule has 0 spiro atoms. The number of ketones is 1. The zero-order valence-corrected chi connectivity index (χ0v) is 17.5. The van der Waals surface area contributed by atoms with Crippen molar-refractivity contribution >= 4 is 11.5 Å². The van der Waals surface area contributed by atoms with Crippen LogP contribution in [0.4, 0.5) is 5.69 Å². The van der Waals surface area contributed by atoms with Gasteiger partial charge in [0.05, 0.1) is 23.0 Å². The van der Waals surface area contributed by atoms with Crippen LogP contribution in [0.5, 0.6) is 0 Å². The highest BCUT2D eigenvalue weighted by Gasteiger charge is 2.56. The Hall–Kier alpha value is -3.57. The largest absolute Gasteiger partial charge is 0.293 e. The summed E-state index contributed by atoms with van der Waals surface area (Å²) >= 11 is 0. The minimum Gasteiger partial charge on any atom is -0.293 e. The maximum Gasteiger partial charge on any atom is 0.269 e. The zero-order chi connectivity index (χ0) is 22.0. The van der Waals surface area contributed by atoms with Crippen molar-refractivity contribution in [3.8, 4) is 0 Å². The lowest BCUT2D eigenvalue weighted by Crippen LogP contribution is -2.17. The lowest BCUT2D eigenvalue weighted by atomic mass is 9.98. The van der Waals surface area contributed by atoms with Gasteiger partial charge >= 0.3 is 0 Å². The number of carbonyl (C=O) groups is 1. The van der Waals surface area contributed by atoms with Gasteiger partial charge in [0, 0.05) is 12.1 Å². The maximum atomic E-state index is 13.1. The van der Waals surface area contributed by atoms with Crippen molar-refractivity contribution in [2.24, 2.45) is 0 Å². The van der Waals surface area contributed by atoms with Gasteiger partial charge < -0.3 is 0 Å². The van der Waals surface area contributed by atoms with Crippen LogP contribution >= 0.6 is 0 Å². The van der Waals surface area contributed by atoms with Gasteiger partial charge in [-0.3, -0.25) is 19.8 Å². The van der Waals surface area contributed by atoms with Crippen molar-refractivity contribution in [2.45, 2.75) is 32.0 Å². The Morgan fingerprint density at radius 2 is 1.42 bits per heavy atom. The molecule has 0 radical (unpaired) electrons. The van der Waals surface area contributed by atoms with Crippen molar-refractivity contribution in [1.82, 2.24) is 4.90 Å². The van der Waals surface area contributed by atoms with Crippen LogP contribution in [0.25, 0.3) is 0 Å². The highest BCUT2D eigenvalue weighted by molar-refractivity contribution is 5.98. The number of carbonyl (C=O) groups excluding carboxylic acids is 1. The quantitative estimate of drug-likeness (QED) is 0.218. The topological polar surface area (TPSA) is 63.2 Å². The van der Waals surface area contributed by atoms with Crippen LogP contribution in [0.15, 0.2) is 96.6 Å². The van der Waals surface area contributed by atoms with Crippen molar-refractivity contribution in [1.29, 1.82) is 0 Å². The highest BCUT2D eigenvalue weighted by Crippen LogP contribution is 2.52. The van der Waals surface area contributed by atoms with Crippen molar-refractivity contribution in [3.63, 3.8) is 0 Å². The molecule has 1 saturated heterocycles. The van der Waals surface area contributed by atoms with Crippen LogP contribution in [-0.4, -0.2) is 21.6 Å². The predicted octanol–water partition coefficient (Wildman–Crippen LogP) is 5.65. The molecule has 1 aliphatic rings. The van der Waals surface area contributed by atoms with Crippen LogP contribution in [0.3, 0.4) is 0 Å². The van der Waals surface area contributed by atoms with Crippen molar-refractivity contribution in [2.75, 3.05) is 0 Å². The molecule has 1 fully saturated rings. The number of hydrogen-bond donors (Lipinski definition) is 0. The first kappa shape index (κ1) is 20.7. The molecule has 3 aromatic rings. The average Bonchev–Trinajstić information content (AvgIpc) is 3.50. The molecule has 0 bridgehead atoms. The number of rotatable bonds is 7. The summed E-state index contributed by atoms with van der Waals surface area (Å²) in [7, 11) is 0. The fourth-order valence-electron chi connectivity index (χ4n) is 4.20. The van der Waals surface area contributed by atoms with Gasteiger partial charge in [0.25, 0.3) is 5.69 Å². The third kappa shape index (κ3) is 4.32. The summed E-state index contributed by atoms with van der Waals surface area (Å²) in [6.07, 6.45) is 1.69. The number of nitrogens with zero attached hydrogens (tertiary/aromatic N) is 2. The minimum atomic E-state index is -0.406. The number of benzene rings is 3. The second-order valence-electron chi connectivity index (χ2n) is 8.03. The van der Waals surface area contributed by atoms with Gasteiger partial charge in [0.2, 0.25) is 0 Å². The monoisotopic (exact) mass is 412 g/mol. The summed E-state index contributed by atoms with van der Waals surface area (Å²) in [6.45, 7) is 3.83. The smallest absolute Gasteiger partial charge is 0.269 e. The standard InChI is InChI=1S/C26H24N2O3/c1-18(2)17-23(29)26-25(21-13-15-22(16-14-21)28(30)31)27(26)24(19-9-5-3-6-10-19)20-11-7-4-8-12-20/h3-17,24-26H,1-2H3/t25-,26+,27?/m1/s1. The predicted molar refractivity (Wildman–Crippen MR) is 121 cm³/mol. The number of non-ortho nitro benzene ring substituents is 1. The van der Waals surface area contributed by atoms with E-state index in [-0.39, 0.29) is 29.6 Å². The third-order valence-electron chi connectivity index (χ3n) is 5.55. The summed E-state index contributed by atoms with van der Waals surface area (Å²) in [6, 6.07) is 26.3. The lowest BCUT2D eigenvalue weighted by Gasteiger charge is -2.21. The number of nitro benzene ring substituents is 1. The molecular weight excluding hydrogens is 388 g/mol. The molecule has 0 aliphatic carbocycles. The van der Waals surface area contributed by atoms with E-state index in [4.69, 9.17) is 0 Å². The molecule has 3 aromatic carbocycles. The molecule has 1 unspecified atom stereocenters. The van der Waals surface area contributed by atoms with Gasteiger partial charge in [-0.25, -0.2) is 0 Å². The van der Waals surface area contributed by atoms with Gasteiger partial charge in [-0.1, -0.05) is 78.4 Å². The maximum absolute atomic E-state index is 13.1. The zero-order valence-electron chi connectivity index (χ0n) is 17.5. The molecule has 4 rings (SSSR count). The second kappa shape index (κ2) is 8.66. The molecule has 31 heavy (non-hydrogen) atoms. The molecule has 5 nitrogen and oxygen atoms in total. The molecule has 0 N–H and O–H groups in total. The number of nitro groups is 1. The van der Waals surface area contributed by atoms with Crippen molar-refractivity contribution in [3.05, 3.63) is 123 Å². The summed E-state index contributed by atoms with van der Waals surface area (Å²) in [5.41, 5.74) is 4.12. The Bertz CT molecular complexity index is 1060. The number of allylic oxidation sites excluding steroid dienone is 1. The Kier molecular flexibility index (Phi) is 5.78. The Morgan fingerprint density at radius 1 is 0.903 bits per heavy atom. The van der Waals surface area contributed by atoms with Crippen LogP contribution < -0.4 is 0 Å². The normalized spacial score (nSPS) is 19.6. The Balaban J connectivity index is 1.78. The lowest BCUT2D eigenvalue weighted by molar-refractivity contribution is -0.384. The van der Waals surface area contributed by atoms with Crippen LogP contribution in [0.2, 0.25) is 0 Å². The van der Waals surface area contributed by atoms with E-state index in [1.807, 2.05) is 50.2 Å². The first-order chi connectivity index (χ1) is 15.0. The third-order valence-corrected chi connectivity index (χ3v) is 5.55. The molecule has 5 heteroatoms. The summed E-state index contributed by atoms with van der Waals surface area (Å²) in [5, 5.41) is 11.1. The molecule has 0 amide bonds. The Morgan fingerprint density at radius 3 is 1.87 bits per heavy atom. The van der Waals surface area contributed by atoms with Gasteiger partial charge in [-0.05, 0) is 36.6 Å². The van der Waals surface area contributed by atoms with E-state index in [0.29, 0.717) is 0 Å². The molecule has 156 valence electrons. The van der Waals surface area contributed by atoms with E-state index >= 15 is 0 Å². The van der Waals surface area contributed by atoms with Crippen LogP contribution in [0, 0.1) is 10.1 Å². The van der Waals surface area contributed by atoms with E-state index in [1.165, 1.54) is 12.1 Å². The Labute approximate surface area is 181 Å². The average molecular weight is 412 g/mol. The summed E-state index contributed by atoms with van der Waals surface area (Å²) in [4.78, 5) is 26.0. The fraction of sp³-hybridized carbons (Fsp3) is 0.192. The van der Waals surface area contributed by atoms with E-state index in [9.17, 15) is 14.9 Å². The highest BCUT2D eigenvalue weighted by atomic mass is 16.6. The molecule has 0 aromatic heterocycles. The molecular formula is C26H24N2O3. The van der Waals surface area contributed by atoms with Crippen LogP contribution in [0.1, 0.15) is 42.6 Å². The van der Waals surface area contributed by atoms with E-state index in [2.05, 4.69) is 29.2 Å². The van der Waals surface area contributed by atoms with Crippen molar-refractivity contribution < 1.29 is 9.72 Å². The van der Waals surface area contributed by atoms with Gasteiger partial charge in [0.1, 0.15) is 0 Å². The summed E-state index contributed by atoms with van der Waals surface area (Å²) in [5.74, 6) is 0.0558. The molecule has 3 atom stereocenters. The van der Waals surface area contributed by atoms with Gasteiger partial charge in [-0.15, -0.1) is 0 Å². The summed E-state index contributed by atoms with van der Waals surface area (Å²) < 4.78 is 0. The first-order valence-corrected chi connectivity index (χ1v) is 10.3. The number of hydrogen-bond acceptors (Lipinski definition) is 4. The van der Waals surface area contributed by atoms with E-state index in [1.54, 1.807) is 18.2 Å². The van der Waals surface area contributed by atoms with Gasteiger partial charge in [-0.2, -0.15) is 0 Å². The fourth-order valence-corrected chi connectivity index (χ4v) is 4.20. The first-order valence-electron chi connectivity index (χ1n) is 10.3. The van der Waals surface area contributed by atoms with E-state index < -0.39 is 4.92 Å². The van der Waals surface area contributed by atoms with E-state index in [0.717, 1.165) is 22.3 Å². The van der Waals surface area contributed by atoms with Crippen LogP contribution in [-0.2, 0) is 4.79 Å². The SMILES string of the molecule is CC(C)=CC(=O)[C@H]1[C@@H](c2ccc([N+](=O)[O-])cc2)N1C(c1ccccc1)c1ccccc1. The minimum absolute atomic E-state index is 0.0470. The molecule has 1 aliphatic heterocycles. The molecule has 1 heterocycles. The second-order valence-corrected chi connectivity index (χ2v) is 8.03.